The van der Waals surface area contributed by atoms with E-state index in [0.29, 0.717) is 19.8 Å². The maximum Gasteiger partial charge on any atom is 0.226 e. The first-order valence-electron chi connectivity index (χ1n) is 10.7. The van der Waals surface area contributed by atoms with E-state index in [2.05, 4.69) is 15.3 Å². The molecule has 6 nitrogen and oxygen atoms in total. The fourth-order valence-corrected chi connectivity index (χ4v) is 3.99. The first-order valence-corrected chi connectivity index (χ1v) is 11.6. The lowest BCUT2D eigenvalue weighted by Gasteiger charge is -2.08. The van der Waals surface area contributed by atoms with Crippen LogP contribution in [0.4, 0.5) is 0 Å². The lowest BCUT2D eigenvalue weighted by molar-refractivity contribution is -0.120. The molecule has 168 valence electrons. The number of benzene rings is 2. The average molecular weight is 460 g/mol. The monoisotopic (exact) mass is 459 g/mol. The van der Waals surface area contributed by atoms with Gasteiger partial charge in [-0.15, -0.1) is 11.3 Å². The van der Waals surface area contributed by atoms with Crippen molar-refractivity contribution < 1.29 is 14.3 Å². The molecule has 1 amide bonds. The molecule has 2 aromatic carbocycles. The third-order valence-corrected chi connectivity index (χ3v) is 5.79. The SMILES string of the molecule is CCOc1ccc(-c2nc(CC(=O)NCc3ccc(OCc4cccnc4)cc3)cs2)cc1. The summed E-state index contributed by atoms with van der Waals surface area (Å²) in [6.07, 6.45) is 3.77. The Balaban J connectivity index is 1.24. The van der Waals surface area contributed by atoms with Gasteiger partial charge in [0.25, 0.3) is 0 Å². The number of amides is 1. The molecular formula is C26H25N3O3S. The molecule has 0 aliphatic rings. The quantitative estimate of drug-likeness (QED) is 0.360. The summed E-state index contributed by atoms with van der Waals surface area (Å²) < 4.78 is 11.2. The molecule has 0 radical (unpaired) electrons. The number of pyridine rings is 1. The topological polar surface area (TPSA) is 73.3 Å². The molecule has 0 saturated carbocycles. The molecule has 4 aromatic rings. The summed E-state index contributed by atoms with van der Waals surface area (Å²) in [7, 11) is 0. The number of hydrogen-bond donors (Lipinski definition) is 1. The molecule has 0 saturated heterocycles. The second-order valence-electron chi connectivity index (χ2n) is 7.35. The van der Waals surface area contributed by atoms with Crippen LogP contribution in [0.15, 0.2) is 78.4 Å². The van der Waals surface area contributed by atoms with E-state index in [0.717, 1.165) is 38.9 Å². The smallest absolute Gasteiger partial charge is 0.226 e. The van der Waals surface area contributed by atoms with Gasteiger partial charge >= 0.3 is 0 Å². The number of nitrogens with zero attached hydrogens (tertiary/aromatic N) is 2. The van der Waals surface area contributed by atoms with E-state index in [9.17, 15) is 4.79 Å². The van der Waals surface area contributed by atoms with Crippen molar-refractivity contribution in [3.63, 3.8) is 0 Å². The second-order valence-corrected chi connectivity index (χ2v) is 8.21. The van der Waals surface area contributed by atoms with Crippen LogP contribution < -0.4 is 14.8 Å². The van der Waals surface area contributed by atoms with Gasteiger partial charge in [0, 0.05) is 35.4 Å². The van der Waals surface area contributed by atoms with Crippen molar-refractivity contribution in [2.45, 2.75) is 26.5 Å². The summed E-state index contributed by atoms with van der Waals surface area (Å²) in [5, 5.41) is 5.78. The van der Waals surface area contributed by atoms with E-state index in [1.807, 2.05) is 73.0 Å². The molecule has 0 aliphatic carbocycles. The first kappa shape index (κ1) is 22.5. The van der Waals surface area contributed by atoms with E-state index in [1.165, 1.54) is 11.3 Å². The lowest BCUT2D eigenvalue weighted by Crippen LogP contribution is -2.24. The molecule has 4 rings (SSSR count). The predicted molar refractivity (Wildman–Crippen MR) is 129 cm³/mol. The minimum atomic E-state index is -0.0598. The van der Waals surface area contributed by atoms with Gasteiger partial charge in [-0.1, -0.05) is 18.2 Å². The van der Waals surface area contributed by atoms with Crippen LogP contribution in [0.25, 0.3) is 10.6 Å². The van der Waals surface area contributed by atoms with Crippen molar-refractivity contribution in [1.29, 1.82) is 0 Å². The number of carbonyl (C=O) groups is 1. The van der Waals surface area contributed by atoms with Gasteiger partial charge in [-0.3, -0.25) is 9.78 Å². The van der Waals surface area contributed by atoms with Crippen LogP contribution in [0.1, 0.15) is 23.7 Å². The minimum Gasteiger partial charge on any atom is -0.494 e. The number of nitrogens with one attached hydrogen (secondary N) is 1. The van der Waals surface area contributed by atoms with Gasteiger partial charge in [0.1, 0.15) is 23.1 Å². The van der Waals surface area contributed by atoms with Crippen LogP contribution in [0.2, 0.25) is 0 Å². The number of thiazole rings is 1. The highest BCUT2D eigenvalue weighted by Crippen LogP contribution is 2.26. The molecule has 0 fully saturated rings. The highest BCUT2D eigenvalue weighted by atomic mass is 32.1. The van der Waals surface area contributed by atoms with E-state index in [4.69, 9.17) is 9.47 Å². The van der Waals surface area contributed by atoms with Gasteiger partial charge in [0.05, 0.1) is 18.7 Å². The van der Waals surface area contributed by atoms with Crippen LogP contribution in [0.5, 0.6) is 11.5 Å². The van der Waals surface area contributed by atoms with E-state index >= 15 is 0 Å². The molecule has 1 N–H and O–H groups in total. The Hall–Kier alpha value is -3.71. The number of rotatable bonds is 10. The van der Waals surface area contributed by atoms with E-state index in [-0.39, 0.29) is 12.3 Å². The molecule has 0 aliphatic heterocycles. The van der Waals surface area contributed by atoms with E-state index in [1.54, 1.807) is 12.4 Å². The first-order chi connectivity index (χ1) is 16.2. The normalized spacial score (nSPS) is 10.6. The summed E-state index contributed by atoms with van der Waals surface area (Å²) in [5.74, 6) is 1.55. The minimum absolute atomic E-state index is 0.0598. The molecule has 0 spiro atoms. The largest absolute Gasteiger partial charge is 0.494 e. The molecule has 0 bridgehead atoms. The Morgan fingerprint density at radius 2 is 1.73 bits per heavy atom. The van der Waals surface area contributed by atoms with Crippen molar-refractivity contribution in [2.75, 3.05) is 6.61 Å². The Bertz CT molecular complexity index is 1160. The third kappa shape index (κ3) is 6.63. The van der Waals surface area contributed by atoms with Crippen molar-refractivity contribution in [2.24, 2.45) is 0 Å². The predicted octanol–water partition coefficient (Wildman–Crippen LogP) is 5.04. The Kier molecular flexibility index (Phi) is 7.66. The van der Waals surface area contributed by atoms with Gasteiger partial charge in [-0.2, -0.15) is 0 Å². The van der Waals surface area contributed by atoms with Gasteiger partial charge in [0.2, 0.25) is 5.91 Å². The molecule has 0 unspecified atom stereocenters. The van der Waals surface area contributed by atoms with E-state index < -0.39 is 0 Å². The maximum absolute atomic E-state index is 12.4. The average Bonchev–Trinajstić information content (AvgIpc) is 3.32. The molecule has 0 atom stereocenters. The standard InChI is InChI=1S/C26H25N3O3S/c1-2-31-23-11-7-21(8-12-23)26-29-22(18-33-26)14-25(30)28-16-19-5-9-24(10-6-19)32-17-20-4-3-13-27-15-20/h3-13,15,18H,2,14,16-17H2,1H3,(H,28,30). The van der Waals surface area contributed by atoms with Crippen molar-refractivity contribution >= 4 is 17.2 Å². The molecule has 33 heavy (non-hydrogen) atoms. The molecule has 7 heteroatoms. The van der Waals surface area contributed by atoms with Crippen LogP contribution in [0.3, 0.4) is 0 Å². The van der Waals surface area contributed by atoms with Crippen LogP contribution >= 0.6 is 11.3 Å². The lowest BCUT2D eigenvalue weighted by atomic mass is 10.2. The third-order valence-electron chi connectivity index (χ3n) is 4.85. The molecule has 2 heterocycles. The Morgan fingerprint density at radius 1 is 0.970 bits per heavy atom. The number of aromatic nitrogens is 2. The van der Waals surface area contributed by atoms with Crippen molar-refractivity contribution in [1.82, 2.24) is 15.3 Å². The highest BCUT2D eigenvalue weighted by molar-refractivity contribution is 7.13. The van der Waals surface area contributed by atoms with Crippen molar-refractivity contribution in [3.8, 4) is 22.1 Å². The fraction of sp³-hybridized carbons (Fsp3) is 0.192. The zero-order valence-corrected chi connectivity index (χ0v) is 19.2. The number of ether oxygens (including phenoxy) is 2. The number of carbonyl (C=O) groups excluding carboxylic acids is 1. The summed E-state index contributed by atoms with van der Waals surface area (Å²) in [6.45, 7) is 3.52. The summed E-state index contributed by atoms with van der Waals surface area (Å²) >= 11 is 1.53. The summed E-state index contributed by atoms with van der Waals surface area (Å²) in [6, 6.07) is 19.4. The van der Waals surface area contributed by atoms with Gasteiger partial charge in [-0.25, -0.2) is 4.98 Å². The summed E-state index contributed by atoms with van der Waals surface area (Å²) in [4.78, 5) is 21.1. The Morgan fingerprint density at radius 3 is 2.45 bits per heavy atom. The Labute approximate surface area is 197 Å². The van der Waals surface area contributed by atoms with Crippen LogP contribution in [-0.4, -0.2) is 22.5 Å². The molecular weight excluding hydrogens is 434 g/mol. The van der Waals surface area contributed by atoms with Crippen molar-refractivity contribution in [3.05, 3.63) is 95.3 Å². The van der Waals surface area contributed by atoms with Crippen LogP contribution in [-0.2, 0) is 24.4 Å². The second kappa shape index (κ2) is 11.2. The van der Waals surface area contributed by atoms with Gasteiger partial charge < -0.3 is 14.8 Å². The fourth-order valence-electron chi connectivity index (χ4n) is 3.16. The molecule has 2 aromatic heterocycles. The zero-order valence-electron chi connectivity index (χ0n) is 18.4. The maximum atomic E-state index is 12.4. The van der Waals surface area contributed by atoms with Crippen LogP contribution in [0, 0.1) is 0 Å². The number of hydrogen-bond acceptors (Lipinski definition) is 6. The van der Waals surface area contributed by atoms with Gasteiger partial charge in [-0.05, 0) is 55.0 Å². The highest BCUT2D eigenvalue weighted by Gasteiger charge is 2.09. The zero-order chi connectivity index (χ0) is 22.9. The van der Waals surface area contributed by atoms with Gasteiger partial charge in [0.15, 0.2) is 0 Å². The summed E-state index contributed by atoms with van der Waals surface area (Å²) in [5.41, 5.74) is 3.80.